The van der Waals surface area contributed by atoms with Crippen LogP contribution in [0.5, 0.6) is 5.75 Å². The van der Waals surface area contributed by atoms with Crippen LogP contribution in [0.4, 0.5) is 4.79 Å². The van der Waals surface area contributed by atoms with E-state index in [4.69, 9.17) is 14.2 Å². The molecule has 0 radical (unpaired) electrons. The maximum atomic E-state index is 12.3. The maximum Gasteiger partial charge on any atom is 0.410 e. The molecule has 2 aromatic carbocycles. The Kier molecular flexibility index (Phi) is 7.19. The Morgan fingerprint density at radius 1 is 1.17 bits per heavy atom. The molecule has 1 saturated heterocycles. The molecule has 1 heterocycles. The fourth-order valence-corrected chi connectivity index (χ4v) is 3.66. The standard InChI is InChI=1S/C23H28BrNO4/c1-23(2,3)29-22(26)25-11-12-27-19(15-25)13-18-9-10-21(20(24)14-18)28-16-17-7-5-4-6-8-17/h4-10,14,19H,11-13,15-16H2,1-3H3. The van der Waals surface area contributed by atoms with E-state index in [2.05, 4.69) is 22.0 Å². The first-order valence-electron chi connectivity index (χ1n) is 9.85. The molecule has 6 heteroatoms. The number of hydrogen-bond donors (Lipinski definition) is 0. The van der Waals surface area contributed by atoms with E-state index in [1.165, 1.54) is 0 Å². The molecule has 1 aliphatic rings. The second-order valence-electron chi connectivity index (χ2n) is 8.16. The molecule has 1 amide bonds. The Labute approximate surface area is 181 Å². The summed E-state index contributed by atoms with van der Waals surface area (Å²) in [5.41, 5.74) is 1.76. The number of carbonyl (C=O) groups excluding carboxylic acids is 1. The second-order valence-corrected chi connectivity index (χ2v) is 9.02. The van der Waals surface area contributed by atoms with Crippen molar-refractivity contribution in [3.63, 3.8) is 0 Å². The predicted molar refractivity (Wildman–Crippen MR) is 116 cm³/mol. The topological polar surface area (TPSA) is 48.0 Å². The summed E-state index contributed by atoms with van der Waals surface area (Å²) in [7, 11) is 0. The van der Waals surface area contributed by atoms with Gasteiger partial charge < -0.3 is 19.1 Å². The molecule has 0 aromatic heterocycles. The van der Waals surface area contributed by atoms with Crippen molar-refractivity contribution in [2.24, 2.45) is 0 Å². The number of hydrogen-bond acceptors (Lipinski definition) is 4. The summed E-state index contributed by atoms with van der Waals surface area (Å²) in [6.45, 7) is 7.75. The summed E-state index contributed by atoms with van der Waals surface area (Å²) in [4.78, 5) is 14.1. The number of benzene rings is 2. The maximum absolute atomic E-state index is 12.3. The molecule has 5 nitrogen and oxygen atoms in total. The van der Waals surface area contributed by atoms with E-state index in [0.29, 0.717) is 26.3 Å². The largest absolute Gasteiger partial charge is 0.488 e. The van der Waals surface area contributed by atoms with E-state index in [0.717, 1.165) is 27.8 Å². The summed E-state index contributed by atoms with van der Waals surface area (Å²) >= 11 is 3.60. The second kappa shape index (κ2) is 9.63. The van der Waals surface area contributed by atoms with E-state index in [1.807, 2.05) is 63.2 Å². The first-order chi connectivity index (χ1) is 13.8. The van der Waals surface area contributed by atoms with Crippen molar-refractivity contribution in [3.05, 3.63) is 64.1 Å². The van der Waals surface area contributed by atoms with Crippen LogP contribution in [0.15, 0.2) is 53.0 Å². The first-order valence-corrected chi connectivity index (χ1v) is 10.6. The van der Waals surface area contributed by atoms with Crippen molar-refractivity contribution in [1.82, 2.24) is 4.90 Å². The third-order valence-corrected chi connectivity index (χ3v) is 5.11. The van der Waals surface area contributed by atoms with Crippen LogP contribution >= 0.6 is 15.9 Å². The molecule has 0 aliphatic carbocycles. The third-order valence-electron chi connectivity index (χ3n) is 4.49. The molecular formula is C23H28BrNO4. The van der Waals surface area contributed by atoms with Gasteiger partial charge in [-0.25, -0.2) is 4.79 Å². The van der Waals surface area contributed by atoms with Gasteiger partial charge in [-0.1, -0.05) is 36.4 Å². The average Bonchev–Trinajstić information content (AvgIpc) is 2.67. The molecule has 0 spiro atoms. The van der Waals surface area contributed by atoms with Crippen molar-refractivity contribution >= 4 is 22.0 Å². The highest BCUT2D eigenvalue weighted by molar-refractivity contribution is 9.10. The van der Waals surface area contributed by atoms with E-state index < -0.39 is 5.60 Å². The van der Waals surface area contributed by atoms with Crippen LogP contribution in [-0.4, -0.2) is 42.4 Å². The highest BCUT2D eigenvalue weighted by Crippen LogP contribution is 2.28. The van der Waals surface area contributed by atoms with E-state index >= 15 is 0 Å². The van der Waals surface area contributed by atoms with Gasteiger partial charge in [-0.15, -0.1) is 0 Å². The minimum atomic E-state index is -0.495. The molecule has 1 fully saturated rings. The van der Waals surface area contributed by atoms with Gasteiger partial charge in [-0.05, 0) is 60.0 Å². The molecule has 3 rings (SSSR count). The van der Waals surface area contributed by atoms with Crippen molar-refractivity contribution < 1.29 is 19.0 Å². The van der Waals surface area contributed by atoms with E-state index in [9.17, 15) is 4.79 Å². The molecule has 156 valence electrons. The van der Waals surface area contributed by atoms with Crippen molar-refractivity contribution in [2.45, 2.75) is 45.5 Å². The van der Waals surface area contributed by atoms with E-state index in [-0.39, 0.29) is 12.2 Å². The summed E-state index contributed by atoms with van der Waals surface area (Å²) in [5.74, 6) is 0.803. The summed E-state index contributed by atoms with van der Waals surface area (Å²) in [5, 5.41) is 0. The minimum Gasteiger partial charge on any atom is -0.488 e. The summed E-state index contributed by atoms with van der Waals surface area (Å²) in [6.07, 6.45) is 0.382. The monoisotopic (exact) mass is 461 g/mol. The zero-order valence-corrected chi connectivity index (χ0v) is 18.8. The van der Waals surface area contributed by atoms with E-state index in [1.54, 1.807) is 4.90 Å². The van der Waals surface area contributed by atoms with Gasteiger partial charge in [0.15, 0.2) is 0 Å². The third kappa shape index (κ3) is 6.75. The number of carbonyl (C=O) groups is 1. The number of rotatable bonds is 5. The van der Waals surface area contributed by atoms with Gasteiger partial charge in [0.1, 0.15) is 18.0 Å². The van der Waals surface area contributed by atoms with Gasteiger partial charge in [0, 0.05) is 13.0 Å². The van der Waals surface area contributed by atoms with Crippen molar-refractivity contribution in [3.8, 4) is 5.75 Å². The highest BCUT2D eigenvalue weighted by atomic mass is 79.9. The predicted octanol–water partition coefficient (Wildman–Crippen LogP) is 5.21. The van der Waals surface area contributed by atoms with Crippen LogP contribution in [0.25, 0.3) is 0 Å². The quantitative estimate of drug-likeness (QED) is 0.613. The summed E-state index contributed by atoms with van der Waals surface area (Å²) < 4.78 is 18.2. The van der Waals surface area contributed by atoms with Crippen LogP contribution in [0, 0.1) is 0 Å². The normalized spacial score (nSPS) is 17.1. The molecule has 2 aromatic rings. The van der Waals surface area contributed by atoms with Crippen LogP contribution < -0.4 is 4.74 Å². The fourth-order valence-electron chi connectivity index (χ4n) is 3.12. The Hall–Kier alpha value is -2.05. The number of ether oxygens (including phenoxy) is 3. The van der Waals surface area contributed by atoms with Gasteiger partial charge in [0.05, 0.1) is 23.7 Å². The Morgan fingerprint density at radius 3 is 2.62 bits per heavy atom. The molecule has 1 aliphatic heterocycles. The first kappa shape index (κ1) is 21.7. The van der Waals surface area contributed by atoms with Gasteiger partial charge in [0.2, 0.25) is 0 Å². The van der Waals surface area contributed by atoms with Crippen molar-refractivity contribution in [2.75, 3.05) is 19.7 Å². The lowest BCUT2D eigenvalue weighted by atomic mass is 10.1. The average molecular weight is 462 g/mol. The number of amides is 1. The van der Waals surface area contributed by atoms with Crippen LogP contribution in [0.1, 0.15) is 31.9 Å². The minimum absolute atomic E-state index is 0.0562. The van der Waals surface area contributed by atoms with Gasteiger partial charge >= 0.3 is 6.09 Å². The molecule has 29 heavy (non-hydrogen) atoms. The lowest BCUT2D eigenvalue weighted by Crippen LogP contribution is -2.48. The zero-order chi connectivity index (χ0) is 20.9. The Balaban J connectivity index is 1.56. The Bertz CT molecular complexity index is 819. The van der Waals surface area contributed by atoms with Gasteiger partial charge in [-0.2, -0.15) is 0 Å². The molecule has 1 unspecified atom stereocenters. The van der Waals surface area contributed by atoms with Crippen LogP contribution in [-0.2, 0) is 22.5 Å². The number of nitrogens with zero attached hydrogens (tertiary/aromatic N) is 1. The fraction of sp³-hybridized carbons (Fsp3) is 0.435. The highest BCUT2D eigenvalue weighted by Gasteiger charge is 2.28. The smallest absolute Gasteiger partial charge is 0.410 e. The van der Waals surface area contributed by atoms with Crippen LogP contribution in [0.3, 0.4) is 0 Å². The molecular weight excluding hydrogens is 434 g/mol. The SMILES string of the molecule is CC(C)(C)OC(=O)N1CCOC(Cc2ccc(OCc3ccccc3)c(Br)c2)C1. The molecule has 0 N–H and O–H groups in total. The van der Waals surface area contributed by atoms with Gasteiger partial charge in [-0.3, -0.25) is 0 Å². The van der Waals surface area contributed by atoms with Gasteiger partial charge in [0.25, 0.3) is 0 Å². The number of morpholine rings is 1. The lowest BCUT2D eigenvalue weighted by molar-refractivity contribution is -0.0415. The molecule has 1 atom stereocenters. The molecule has 0 saturated carbocycles. The lowest BCUT2D eigenvalue weighted by Gasteiger charge is -2.34. The Morgan fingerprint density at radius 2 is 1.93 bits per heavy atom. The molecule has 0 bridgehead atoms. The van der Waals surface area contributed by atoms with Crippen molar-refractivity contribution in [1.29, 1.82) is 0 Å². The van der Waals surface area contributed by atoms with Crippen LogP contribution in [0.2, 0.25) is 0 Å². The zero-order valence-electron chi connectivity index (χ0n) is 17.2. The summed E-state index contributed by atoms with van der Waals surface area (Å²) in [6, 6.07) is 16.1. The number of halogens is 1.